The monoisotopic (exact) mass is 411 g/mol. The van der Waals surface area contributed by atoms with Crippen molar-refractivity contribution < 1.29 is 24.5 Å². The van der Waals surface area contributed by atoms with Crippen LogP contribution in [-0.4, -0.2) is 39.8 Å². The van der Waals surface area contributed by atoms with Gasteiger partial charge in [0.2, 0.25) is 0 Å². The Labute approximate surface area is 173 Å². The van der Waals surface area contributed by atoms with Crippen LogP contribution in [0.2, 0.25) is 0 Å². The van der Waals surface area contributed by atoms with E-state index in [4.69, 9.17) is 9.84 Å². The molecule has 8 heteroatoms. The number of benzene rings is 1. The Kier molecular flexibility index (Phi) is 5.78. The van der Waals surface area contributed by atoms with Crippen molar-refractivity contribution in [3.63, 3.8) is 0 Å². The number of fused-ring (bicyclic) bond motifs is 1. The van der Waals surface area contributed by atoms with Gasteiger partial charge in [0.1, 0.15) is 12.3 Å². The minimum atomic E-state index is -1.19. The number of carboxylic acids is 1. The van der Waals surface area contributed by atoms with Gasteiger partial charge in [-0.3, -0.25) is 9.59 Å². The summed E-state index contributed by atoms with van der Waals surface area (Å²) in [6.45, 7) is 7.50. The molecule has 0 saturated heterocycles. The van der Waals surface area contributed by atoms with Crippen LogP contribution < -0.4 is 20.6 Å². The first kappa shape index (κ1) is 21.3. The number of aromatic hydroxyl groups is 1. The predicted molar refractivity (Wildman–Crippen MR) is 110 cm³/mol. The first-order valence-corrected chi connectivity index (χ1v) is 9.61. The number of pyridine rings is 1. The van der Waals surface area contributed by atoms with E-state index < -0.39 is 24.6 Å². The standard InChI is InChI=1S/C22H25N3O5/c1-12-18-15(20(28)19(24-12)21(29)23-11-17(26)27)8-9-16(25-18)30-14-7-5-6-13(10-14)22(2,3)4/h5-8,10,16,28H,9,11H2,1-4H3,(H,23,29)(H,26,27). The van der Waals surface area contributed by atoms with Crippen LogP contribution in [0, 0.1) is 6.92 Å². The lowest BCUT2D eigenvalue weighted by atomic mass is 9.87. The minimum Gasteiger partial charge on any atom is -0.505 e. The number of nitrogens with one attached hydrogen (secondary N) is 1. The lowest BCUT2D eigenvalue weighted by Gasteiger charge is -2.22. The van der Waals surface area contributed by atoms with Crippen LogP contribution in [0.1, 0.15) is 48.9 Å². The van der Waals surface area contributed by atoms with E-state index in [0.717, 1.165) is 5.56 Å². The molecule has 0 fully saturated rings. The second-order valence-electron chi connectivity index (χ2n) is 8.15. The Morgan fingerprint density at radius 2 is 2.03 bits per heavy atom. The number of carbonyl (C=O) groups excluding carboxylic acids is 1. The molecule has 0 aliphatic carbocycles. The van der Waals surface area contributed by atoms with Crippen LogP contribution in [0.4, 0.5) is 0 Å². The number of nitrogens with zero attached hydrogens (tertiary/aromatic N) is 2. The summed E-state index contributed by atoms with van der Waals surface area (Å²) in [5, 5.41) is 22.2. The third-order valence-corrected chi connectivity index (χ3v) is 4.74. The fourth-order valence-electron chi connectivity index (χ4n) is 3.15. The Morgan fingerprint density at radius 3 is 2.70 bits per heavy atom. The predicted octanol–water partition coefficient (Wildman–Crippen LogP) is 1.42. The lowest BCUT2D eigenvalue weighted by Crippen LogP contribution is -2.39. The van der Waals surface area contributed by atoms with Gasteiger partial charge in [0.05, 0.1) is 11.1 Å². The van der Waals surface area contributed by atoms with Gasteiger partial charge in [0, 0.05) is 11.6 Å². The van der Waals surface area contributed by atoms with Gasteiger partial charge >= 0.3 is 5.97 Å². The number of aromatic nitrogens is 1. The number of ether oxygens (including phenoxy) is 1. The topological polar surface area (TPSA) is 121 Å². The maximum absolute atomic E-state index is 12.2. The van der Waals surface area contributed by atoms with Crippen molar-refractivity contribution >= 4 is 18.0 Å². The van der Waals surface area contributed by atoms with E-state index in [1.54, 1.807) is 13.0 Å². The maximum atomic E-state index is 12.2. The van der Waals surface area contributed by atoms with Gasteiger partial charge < -0.3 is 20.3 Å². The Balaban J connectivity index is 1.89. The molecule has 8 nitrogen and oxygen atoms in total. The van der Waals surface area contributed by atoms with Gasteiger partial charge in [0.25, 0.3) is 5.91 Å². The molecule has 1 aromatic carbocycles. The molecule has 2 heterocycles. The van der Waals surface area contributed by atoms with Crippen LogP contribution >= 0.6 is 0 Å². The number of aryl methyl sites for hydroxylation is 1. The van der Waals surface area contributed by atoms with E-state index >= 15 is 0 Å². The highest BCUT2D eigenvalue weighted by atomic mass is 16.5. The number of aliphatic carboxylic acids is 1. The summed E-state index contributed by atoms with van der Waals surface area (Å²) in [7, 11) is 0. The van der Waals surface area contributed by atoms with Crippen molar-refractivity contribution in [2.75, 3.05) is 6.54 Å². The summed E-state index contributed by atoms with van der Waals surface area (Å²) in [5.41, 5.74) is 1.35. The van der Waals surface area contributed by atoms with E-state index in [9.17, 15) is 14.7 Å². The molecule has 1 unspecified atom stereocenters. The number of rotatable bonds is 5. The molecule has 0 spiro atoms. The van der Waals surface area contributed by atoms with Gasteiger partial charge in [-0.05, 0) is 30.0 Å². The smallest absolute Gasteiger partial charge is 0.322 e. The van der Waals surface area contributed by atoms with E-state index in [1.807, 2.05) is 18.2 Å². The molecule has 1 aliphatic rings. The average Bonchev–Trinajstić information content (AvgIpc) is 2.68. The highest BCUT2D eigenvalue weighted by Gasteiger charge is 2.21. The normalized spacial score (nSPS) is 15.4. The molecular formula is C22H25N3O5. The molecule has 30 heavy (non-hydrogen) atoms. The number of hydrogen-bond acceptors (Lipinski definition) is 6. The van der Waals surface area contributed by atoms with Gasteiger partial charge in [-0.25, -0.2) is 9.98 Å². The highest BCUT2D eigenvalue weighted by Crippen LogP contribution is 2.26. The third-order valence-electron chi connectivity index (χ3n) is 4.74. The van der Waals surface area contributed by atoms with E-state index in [-0.39, 0.29) is 16.9 Å². The largest absolute Gasteiger partial charge is 0.505 e. The first-order valence-electron chi connectivity index (χ1n) is 9.61. The van der Waals surface area contributed by atoms with Gasteiger partial charge in [-0.1, -0.05) is 39.0 Å². The molecule has 1 aromatic heterocycles. The van der Waals surface area contributed by atoms with Crippen molar-refractivity contribution in [3.8, 4) is 11.5 Å². The molecule has 0 bridgehead atoms. The zero-order valence-corrected chi connectivity index (χ0v) is 17.4. The number of carboxylic acid groups (broad SMARTS) is 1. The third kappa shape index (κ3) is 4.59. The molecule has 0 radical (unpaired) electrons. The Morgan fingerprint density at radius 1 is 1.30 bits per heavy atom. The fourth-order valence-corrected chi connectivity index (χ4v) is 3.15. The molecule has 0 saturated carbocycles. The highest BCUT2D eigenvalue weighted by molar-refractivity contribution is 5.96. The van der Waals surface area contributed by atoms with E-state index in [0.29, 0.717) is 28.4 Å². The summed E-state index contributed by atoms with van der Waals surface area (Å²) >= 11 is 0. The lowest BCUT2D eigenvalue weighted by molar-refractivity contribution is -0.135. The van der Waals surface area contributed by atoms with Crippen molar-refractivity contribution in [1.82, 2.24) is 10.3 Å². The van der Waals surface area contributed by atoms with Crippen molar-refractivity contribution in [2.45, 2.75) is 45.8 Å². The van der Waals surface area contributed by atoms with Crippen LogP contribution in [-0.2, 0) is 10.2 Å². The van der Waals surface area contributed by atoms with Crippen molar-refractivity contribution in [3.05, 3.63) is 51.8 Å². The Bertz CT molecular complexity index is 1120. The molecule has 3 rings (SSSR count). The summed E-state index contributed by atoms with van der Waals surface area (Å²) in [5.74, 6) is -1.57. The van der Waals surface area contributed by atoms with Crippen LogP contribution in [0.5, 0.6) is 11.5 Å². The minimum absolute atomic E-state index is 0.00822. The molecule has 2 aromatic rings. The second-order valence-corrected chi connectivity index (χ2v) is 8.15. The zero-order chi connectivity index (χ0) is 22.1. The van der Waals surface area contributed by atoms with E-state index in [2.05, 4.69) is 42.1 Å². The molecule has 1 atom stereocenters. The number of amides is 1. The van der Waals surface area contributed by atoms with E-state index in [1.165, 1.54) is 0 Å². The Hall–Kier alpha value is -3.42. The fraction of sp³-hybridized carbons (Fsp3) is 0.364. The zero-order valence-electron chi connectivity index (χ0n) is 17.4. The maximum Gasteiger partial charge on any atom is 0.322 e. The molecular weight excluding hydrogens is 386 g/mol. The second kappa shape index (κ2) is 8.14. The van der Waals surface area contributed by atoms with Crippen LogP contribution in [0.15, 0.2) is 29.3 Å². The van der Waals surface area contributed by atoms with Gasteiger partial charge in [0.15, 0.2) is 17.7 Å². The summed E-state index contributed by atoms with van der Waals surface area (Å²) in [6, 6.07) is 7.86. The molecule has 1 amide bonds. The van der Waals surface area contributed by atoms with Crippen molar-refractivity contribution in [2.24, 2.45) is 4.99 Å². The number of hydrogen-bond donors (Lipinski definition) is 3. The first-order chi connectivity index (χ1) is 14.1. The summed E-state index contributed by atoms with van der Waals surface area (Å²) in [6.07, 6.45) is 1.66. The molecule has 3 N–H and O–H groups in total. The van der Waals surface area contributed by atoms with Gasteiger partial charge in [-0.2, -0.15) is 0 Å². The number of carbonyl (C=O) groups is 2. The molecule has 1 aliphatic heterocycles. The summed E-state index contributed by atoms with van der Waals surface area (Å²) in [4.78, 5) is 31.5. The quantitative estimate of drug-likeness (QED) is 0.684. The molecule has 158 valence electrons. The van der Waals surface area contributed by atoms with Crippen molar-refractivity contribution in [1.29, 1.82) is 0 Å². The average molecular weight is 411 g/mol. The SMILES string of the molecule is Cc1nc(C(=O)NCC(=O)O)c(O)c2c1=NC(Oc1cccc(C(C)(C)C)c1)CC=2. The van der Waals surface area contributed by atoms with Gasteiger partial charge in [-0.15, -0.1) is 0 Å². The van der Waals surface area contributed by atoms with Crippen LogP contribution in [0.3, 0.4) is 0 Å². The summed E-state index contributed by atoms with van der Waals surface area (Å²) < 4.78 is 6.03. The van der Waals surface area contributed by atoms with Crippen LogP contribution in [0.25, 0.3) is 6.08 Å².